The zero-order valence-electron chi connectivity index (χ0n) is 17.4. The third-order valence-electron chi connectivity index (χ3n) is 4.94. The Balaban J connectivity index is 1.49. The Morgan fingerprint density at radius 3 is 2.77 bits per heavy atom. The lowest BCUT2D eigenvalue weighted by Gasteiger charge is -2.29. The van der Waals surface area contributed by atoms with Gasteiger partial charge in [0.1, 0.15) is 5.82 Å². The van der Waals surface area contributed by atoms with Crippen molar-refractivity contribution >= 4 is 17.5 Å². The fourth-order valence-corrected chi connectivity index (χ4v) is 3.46. The molecule has 2 aliphatic heterocycles. The van der Waals surface area contributed by atoms with Crippen LogP contribution in [0, 0.1) is 0 Å². The predicted octanol–water partition coefficient (Wildman–Crippen LogP) is 2.66. The Morgan fingerprint density at radius 2 is 1.93 bits per heavy atom. The van der Waals surface area contributed by atoms with Crippen LogP contribution in [0.2, 0.25) is 0 Å². The molecule has 0 unspecified atom stereocenters. The molecule has 1 fully saturated rings. The second-order valence-corrected chi connectivity index (χ2v) is 7.12. The van der Waals surface area contributed by atoms with Crippen LogP contribution >= 0.6 is 0 Å². The van der Waals surface area contributed by atoms with Crippen LogP contribution in [-0.2, 0) is 11.3 Å². The number of pyridine rings is 1. The first kappa shape index (κ1) is 20.3. The molecule has 1 saturated heterocycles. The molecular weight excluding hydrogens is 382 g/mol. The van der Waals surface area contributed by atoms with Gasteiger partial charge in [0.05, 0.1) is 33.0 Å². The van der Waals surface area contributed by atoms with E-state index < -0.39 is 0 Å². The van der Waals surface area contributed by atoms with Gasteiger partial charge in [-0.15, -0.1) is 0 Å². The first-order valence-electron chi connectivity index (χ1n) is 10.5. The van der Waals surface area contributed by atoms with Crippen molar-refractivity contribution in [2.75, 3.05) is 56.3 Å². The van der Waals surface area contributed by atoms with Crippen molar-refractivity contribution < 1.29 is 14.2 Å². The van der Waals surface area contributed by atoms with E-state index in [9.17, 15) is 0 Å². The lowest BCUT2D eigenvalue weighted by atomic mass is 10.2. The van der Waals surface area contributed by atoms with Gasteiger partial charge in [-0.25, -0.2) is 9.98 Å². The monoisotopic (exact) mass is 411 g/mol. The summed E-state index contributed by atoms with van der Waals surface area (Å²) in [4.78, 5) is 11.6. The zero-order valence-corrected chi connectivity index (χ0v) is 17.4. The number of ether oxygens (including phenoxy) is 3. The SMILES string of the molecule is CCNC(=NCc1cccnc1N1CCOCC1)Nc1ccc2c(c1)OCCCO2. The molecular formula is C22H29N5O3. The predicted molar refractivity (Wildman–Crippen MR) is 118 cm³/mol. The number of benzene rings is 1. The summed E-state index contributed by atoms with van der Waals surface area (Å²) in [6.45, 7) is 7.85. The van der Waals surface area contributed by atoms with Gasteiger partial charge in [0.15, 0.2) is 17.5 Å². The number of anilines is 2. The van der Waals surface area contributed by atoms with Crippen LogP contribution in [-0.4, -0.2) is 57.0 Å². The Labute approximate surface area is 177 Å². The van der Waals surface area contributed by atoms with Gasteiger partial charge >= 0.3 is 0 Å². The molecule has 30 heavy (non-hydrogen) atoms. The van der Waals surface area contributed by atoms with Gasteiger partial charge < -0.3 is 29.7 Å². The molecule has 160 valence electrons. The Morgan fingerprint density at radius 1 is 1.10 bits per heavy atom. The number of guanidine groups is 1. The third-order valence-corrected chi connectivity index (χ3v) is 4.94. The number of nitrogens with one attached hydrogen (secondary N) is 2. The van der Waals surface area contributed by atoms with Crippen molar-refractivity contribution in [1.82, 2.24) is 10.3 Å². The van der Waals surface area contributed by atoms with Crippen molar-refractivity contribution in [2.45, 2.75) is 19.9 Å². The van der Waals surface area contributed by atoms with Gasteiger partial charge in [-0.05, 0) is 25.1 Å². The third kappa shape index (κ3) is 5.13. The standard InChI is InChI=1S/C22H29N5O3/c1-2-23-22(26-18-6-7-19-20(15-18)30-12-4-11-29-19)25-16-17-5-3-8-24-21(17)27-9-13-28-14-10-27/h3,5-8,15H,2,4,9-14,16H2,1H3,(H2,23,25,26). The van der Waals surface area contributed by atoms with Gasteiger partial charge in [-0.3, -0.25) is 0 Å². The number of morpholine rings is 1. The Bertz CT molecular complexity index is 868. The molecule has 0 spiro atoms. The molecule has 8 heteroatoms. The summed E-state index contributed by atoms with van der Waals surface area (Å²) >= 11 is 0. The maximum absolute atomic E-state index is 5.79. The fraction of sp³-hybridized carbons (Fsp3) is 0.455. The summed E-state index contributed by atoms with van der Waals surface area (Å²) in [5, 5.41) is 6.67. The zero-order chi connectivity index (χ0) is 20.6. The van der Waals surface area contributed by atoms with E-state index in [4.69, 9.17) is 19.2 Å². The lowest BCUT2D eigenvalue weighted by molar-refractivity contribution is 0.122. The molecule has 1 aromatic heterocycles. The van der Waals surface area contributed by atoms with E-state index in [0.717, 1.165) is 67.8 Å². The van der Waals surface area contributed by atoms with E-state index in [2.05, 4.69) is 33.5 Å². The second kappa shape index (κ2) is 10.2. The van der Waals surface area contributed by atoms with Crippen LogP contribution in [0.4, 0.5) is 11.5 Å². The molecule has 0 radical (unpaired) electrons. The summed E-state index contributed by atoms with van der Waals surface area (Å²) in [6.07, 6.45) is 2.72. The van der Waals surface area contributed by atoms with Crippen LogP contribution in [0.1, 0.15) is 18.9 Å². The normalized spacial score (nSPS) is 16.7. The molecule has 3 heterocycles. The molecule has 0 aliphatic carbocycles. The minimum absolute atomic E-state index is 0.528. The van der Waals surface area contributed by atoms with Crippen LogP contribution in [0.15, 0.2) is 41.5 Å². The van der Waals surface area contributed by atoms with E-state index in [1.165, 1.54) is 0 Å². The van der Waals surface area contributed by atoms with Gasteiger partial charge in [0.2, 0.25) is 0 Å². The average Bonchev–Trinajstić information content (AvgIpc) is 3.03. The minimum Gasteiger partial charge on any atom is -0.490 e. The molecule has 0 amide bonds. The molecule has 8 nitrogen and oxygen atoms in total. The summed E-state index contributed by atoms with van der Waals surface area (Å²) in [6, 6.07) is 9.90. The maximum atomic E-state index is 5.79. The smallest absolute Gasteiger partial charge is 0.196 e. The summed E-state index contributed by atoms with van der Waals surface area (Å²) in [5.41, 5.74) is 1.99. The highest BCUT2D eigenvalue weighted by atomic mass is 16.5. The number of nitrogens with zero attached hydrogens (tertiary/aromatic N) is 3. The minimum atomic E-state index is 0.528. The molecule has 2 N–H and O–H groups in total. The molecule has 4 rings (SSSR count). The number of aliphatic imine (C=N–C) groups is 1. The highest BCUT2D eigenvalue weighted by Gasteiger charge is 2.16. The molecule has 2 aliphatic rings. The number of fused-ring (bicyclic) bond motifs is 1. The van der Waals surface area contributed by atoms with Crippen molar-refractivity contribution in [1.29, 1.82) is 0 Å². The highest BCUT2D eigenvalue weighted by Crippen LogP contribution is 2.32. The van der Waals surface area contributed by atoms with Crippen molar-refractivity contribution in [3.63, 3.8) is 0 Å². The van der Waals surface area contributed by atoms with E-state index >= 15 is 0 Å². The number of hydrogen-bond donors (Lipinski definition) is 2. The van der Waals surface area contributed by atoms with Crippen LogP contribution in [0.25, 0.3) is 0 Å². The lowest BCUT2D eigenvalue weighted by Crippen LogP contribution is -2.37. The molecule has 1 aromatic carbocycles. The highest BCUT2D eigenvalue weighted by molar-refractivity contribution is 5.94. The summed E-state index contributed by atoms with van der Waals surface area (Å²) < 4.78 is 17.0. The van der Waals surface area contributed by atoms with E-state index in [-0.39, 0.29) is 0 Å². The van der Waals surface area contributed by atoms with E-state index in [0.29, 0.717) is 25.7 Å². The first-order chi connectivity index (χ1) is 14.8. The molecule has 0 bridgehead atoms. The number of rotatable bonds is 5. The van der Waals surface area contributed by atoms with Gasteiger partial charge in [0, 0.05) is 49.6 Å². The quantitative estimate of drug-likeness (QED) is 0.578. The number of aromatic nitrogens is 1. The van der Waals surface area contributed by atoms with Crippen LogP contribution in [0.5, 0.6) is 11.5 Å². The Hall–Kier alpha value is -3.00. The Kier molecular flexibility index (Phi) is 6.87. The van der Waals surface area contributed by atoms with E-state index in [1.807, 2.05) is 30.5 Å². The van der Waals surface area contributed by atoms with Crippen molar-refractivity contribution in [2.24, 2.45) is 4.99 Å². The van der Waals surface area contributed by atoms with Crippen molar-refractivity contribution in [3.05, 3.63) is 42.1 Å². The molecule has 0 saturated carbocycles. The average molecular weight is 412 g/mol. The van der Waals surface area contributed by atoms with Crippen molar-refractivity contribution in [3.8, 4) is 11.5 Å². The maximum Gasteiger partial charge on any atom is 0.196 e. The fourth-order valence-electron chi connectivity index (χ4n) is 3.46. The van der Waals surface area contributed by atoms with Crippen LogP contribution in [0.3, 0.4) is 0 Å². The van der Waals surface area contributed by atoms with Gasteiger partial charge in [0.25, 0.3) is 0 Å². The van der Waals surface area contributed by atoms with Crippen LogP contribution < -0.4 is 25.0 Å². The van der Waals surface area contributed by atoms with Gasteiger partial charge in [-0.1, -0.05) is 6.07 Å². The second-order valence-electron chi connectivity index (χ2n) is 7.12. The molecule has 2 aromatic rings. The first-order valence-corrected chi connectivity index (χ1v) is 10.5. The largest absolute Gasteiger partial charge is 0.490 e. The van der Waals surface area contributed by atoms with Gasteiger partial charge in [-0.2, -0.15) is 0 Å². The molecule has 0 atom stereocenters. The van der Waals surface area contributed by atoms with E-state index in [1.54, 1.807) is 0 Å². The number of hydrogen-bond acceptors (Lipinski definition) is 6. The topological polar surface area (TPSA) is 80.2 Å². The summed E-state index contributed by atoms with van der Waals surface area (Å²) in [5.74, 6) is 3.24. The summed E-state index contributed by atoms with van der Waals surface area (Å²) in [7, 11) is 0.